The van der Waals surface area contributed by atoms with Crippen LogP contribution in [0, 0.1) is 12.8 Å². The number of fused-ring (bicyclic) bond motifs is 1. The topological polar surface area (TPSA) is 96.0 Å². The first-order valence-electron chi connectivity index (χ1n) is 10.2. The van der Waals surface area contributed by atoms with Gasteiger partial charge < -0.3 is 15.0 Å². The SMILES string of the molecule is Cc1cc2c(cc1S(=O)(=O)N1CCC(C(=O)N3CCCC3)CC1)O[C@@H](C)C(=O)N2. The smallest absolute Gasteiger partial charge is 0.265 e. The molecule has 8 nitrogen and oxygen atoms in total. The van der Waals surface area contributed by atoms with Crippen LogP contribution >= 0.6 is 0 Å². The molecule has 1 aromatic rings. The molecule has 3 aliphatic rings. The first kappa shape index (κ1) is 20.2. The molecule has 0 saturated carbocycles. The highest BCUT2D eigenvalue weighted by Crippen LogP contribution is 2.36. The van der Waals surface area contributed by atoms with Crippen LogP contribution in [-0.2, 0) is 19.6 Å². The minimum atomic E-state index is -3.71. The monoisotopic (exact) mass is 421 g/mol. The molecule has 1 N–H and O–H groups in total. The van der Waals surface area contributed by atoms with Crippen molar-refractivity contribution in [2.24, 2.45) is 5.92 Å². The molecule has 1 aromatic carbocycles. The molecule has 1 atom stereocenters. The van der Waals surface area contributed by atoms with E-state index in [9.17, 15) is 18.0 Å². The van der Waals surface area contributed by atoms with Crippen LogP contribution in [0.3, 0.4) is 0 Å². The number of nitrogens with one attached hydrogen (secondary N) is 1. The molecular formula is C20H27N3O5S. The van der Waals surface area contributed by atoms with Crippen LogP contribution in [0.15, 0.2) is 17.0 Å². The van der Waals surface area contributed by atoms with E-state index in [0.29, 0.717) is 42.9 Å². The summed E-state index contributed by atoms with van der Waals surface area (Å²) in [5, 5.41) is 2.74. The third-order valence-electron chi connectivity index (χ3n) is 6.05. The minimum Gasteiger partial charge on any atom is -0.479 e. The number of ether oxygens (including phenoxy) is 1. The Morgan fingerprint density at radius 3 is 2.45 bits per heavy atom. The van der Waals surface area contributed by atoms with Gasteiger partial charge in [0.1, 0.15) is 5.75 Å². The number of aryl methyl sites for hydroxylation is 1. The number of likely N-dealkylation sites (tertiary alicyclic amines) is 1. The Bertz CT molecular complexity index is 932. The summed E-state index contributed by atoms with van der Waals surface area (Å²) in [5.74, 6) is 0.184. The molecule has 2 fully saturated rings. The van der Waals surface area contributed by atoms with Gasteiger partial charge in [0.2, 0.25) is 15.9 Å². The first-order chi connectivity index (χ1) is 13.8. The van der Waals surface area contributed by atoms with Crippen LogP contribution in [0.25, 0.3) is 0 Å². The van der Waals surface area contributed by atoms with Crippen molar-refractivity contribution in [3.8, 4) is 5.75 Å². The largest absolute Gasteiger partial charge is 0.479 e. The normalized spacial score (nSPS) is 23.4. The van der Waals surface area contributed by atoms with E-state index in [1.54, 1.807) is 19.9 Å². The van der Waals surface area contributed by atoms with Crippen molar-refractivity contribution in [3.05, 3.63) is 17.7 Å². The molecule has 0 aromatic heterocycles. The van der Waals surface area contributed by atoms with E-state index in [1.807, 2.05) is 4.90 Å². The second-order valence-corrected chi connectivity index (χ2v) is 9.98. The summed E-state index contributed by atoms with van der Waals surface area (Å²) in [5.41, 5.74) is 1.04. The first-order valence-corrected chi connectivity index (χ1v) is 11.6. The predicted octanol–water partition coefficient (Wildman–Crippen LogP) is 1.74. The molecule has 3 heterocycles. The lowest BCUT2D eigenvalue weighted by Gasteiger charge is -2.33. The standard InChI is InChI=1S/C20H27N3O5S/c1-13-11-16-17(28-14(2)19(24)21-16)12-18(13)29(26,27)23-9-5-15(6-10-23)20(25)22-7-3-4-8-22/h11-12,14-15H,3-10H2,1-2H3,(H,21,24)/t14-/m0/s1. The highest BCUT2D eigenvalue weighted by molar-refractivity contribution is 7.89. The number of carbonyl (C=O) groups excluding carboxylic acids is 2. The lowest BCUT2D eigenvalue weighted by molar-refractivity contribution is -0.135. The van der Waals surface area contributed by atoms with E-state index in [-0.39, 0.29) is 22.6 Å². The number of hydrogen-bond donors (Lipinski definition) is 1. The van der Waals surface area contributed by atoms with Gasteiger partial charge in [0.15, 0.2) is 6.10 Å². The van der Waals surface area contributed by atoms with Gasteiger partial charge in [-0.25, -0.2) is 8.42 Å². The number of nitrogens with zero attached hydrogens (tertiary/aromatic N) is 2. The molecule has 4 rings (SSSR count). The average Bonchev–Trinajstić information content (AvgIpc) is 3.23. The van der Waals surface area contributed by atoms with Crippen molar-refractivity contribution in [2.75, 3.05) is 31.5 Å². The van der Waals surface area contributed by atoms with E-state index in [4.69, 9.17) is 4.74 Å². The number of sulfonamides is 1. The summed E-state index contributed by atoms with van der Waals surface area (Å²) in [6.45, 7) is 5.63. The maximum atomic E-state index is 13.3. The number of rotatable bonds is 3. The van der Waals surface area contributed by atoms with Crippen LogP contribution in [0.5, 0.6) is 5.75 Å². The van der Waals surface area contributed by atoms with Crippen molar-refractivity contribution >= 4 is 27.5 Å². The zero-order valence-corrected chi connectivity index (χ0v) is 17.6. The Balaban J connectivity index is 1.50. The fourth-order valence-electron chi connectivity index (χ4n) is 4.30. The number of hydrogen-bond acceptors (Lipinski definition) is 5. The molecule has 158 valence electrons. The number of piperidine rings is 1. The molecule has 3 aliphatic heterocycles. The summed E-state index contributed by atoms with van der Waals surface area (Å²) in [4.78, 5) is 26.5. The van der Waals surface area contributed by atoms with E-state index in [2.05, 4.69) is 5.32 Å². The van der Waals surface area contributed by atoms with E-state index >= 15 is 0 Å². The Morgan fingerprint density at radius 2 is 1.79 bits per heavy atom. The Kier molecular flexibility index (Phi) is 5.29. The third kappa shape index (κ3) is 3.73. The molecule has 0 unspecified atom stereocenters. The zero-order chi connectivity index (χ0) is 20.8. The molecule has 0 spiro atoms. The van der Waals surface area contributed by atoms with Crippen molar-refractivity contribution in [1.29, 1.82) is 0 Å². The Hall–Kier alpha value is -2.13. The van der Waals surface area contributed by atoms with Gasteiger partial charge in [-0.1, -0.05) is 0 Å². The molecule has 29 heavy (non-hydrogen) atoms. The van der Waals surface area contributed by atoms with Crippen molar-refractivity contribution < 1.29 is 22.7 Å². The highest BCUT2D eigenvalue weighted by Gasteiger charge is 2.36. The van der Waals surface area contributed by atoms with Gasteiger partial charge in [0, 0.05) is 38.2 Å². The Labute approximate surface area is 171 Å². The Morgan fingerprint density at radius 1 is 1.14 bits per heavy atom. The molecule has 0 radical (unpaired) electrons. The van der Waals surface area contributed by atoms with Gasteiger partial charge in [-0.15, -0.1) is 0 Å². The third-order valence-corrected chi connectivity index (χ3v) is 8.09. The quantitative estimate of drug-likeness (QED) is 0.802. The summed E-state index contributed by atoms with van der Waals surface area (Å²) >= 11 is 0. The van der Waals surface area contributed by atoms with Crippen LogP contribution < -0.4 is 10.1 Å². The lowest BCUT2D eigenvalue weighted by Crippen LogP contribution is -2.43. The van der Waals surface area contributed by atoms with Gasteiger partial charge in [0.25, 0.3) is 5.91 Å². The van der Waals surface area contributed by atoms with Gasteiger partial charge >= 0.3 is 0 Å². The summed E-state index contributed by atoms with van der Waals surface area (Å²) in [7, 11) is -3.71. The van der Waals surface area contributed by atoms with Gasteiger partial charge in [-0.3, -0.25) is 9.59 Å². The molecule has 2 amide bonds. The number of benzene rings is 1. The number of carbonyl (C=O) groups is 2. The lowest BCUT2D eigenvalue weighted by atomic mass is 9.97. The second kappa shape index (κ2) is 7.60. The van der Waals surface area contributed by atoms with Crippen molar-refractivity contribution in [1.82, 2.24) is 9.21 Å². The maximum Gasteiger partial charge on any atom is 0.265 e. The van der Waals surface area contributed by atoms with Crippen molar-refractivity contribution in [2.45, 2.75) is 50.5 Å². The van der Waals surface area contributed by atoms with E-state index in [0.717, 1.165) is 25.9 Å². The second-order valence-electron chi connectivity index (χ2n) is 8.07. The molecular weight excluding hydrogens is 394 g/mol. The zero-order valence-electron chi connectivity index (χ0n) is 16.8. The highest BCUT2D eigenvalue weighted by atomic mass is 32.2. The van der Waals surface area contributed by atoms with E-state index < -0.39 is 16.1 Å². The maximum absolute atomic E-state index is 13.3. The molecule has 0 aliphatic carbocycles. The van der Waals surface area contributed by atoms with Crippen LogP contribution in [0.2, 0.25) is 0 Å². The number of amides is 2. The van der Waals surface area contributed by atoms with E-state index in [1.165, 1.54) is 10.4 Å². The molecule has 9 heteroatoms. The van der Waals surface area contributed by atoms with Crippen LogP contribution in [0.1, 0.15) is 38.2 Å². The fourth-order valence-corrected chi connectivity index (χ4v) is 5.99. The molecule has 0 bridgehead atoms. The summed E-state index contributed by atoms with van der Waals surface area (Å²) in [6.07, 6.45) is 2.52. The van der Waals surface area contributed by atoms with Crippen molar-refractivity contribution in [3.63, 3.8) is 0 Å². The molecule has 2 saturated heterocycles. The van der Waals surface area contributed by atoms with Crippen LogP contribution in [0.4, 0.5) is 5.69 Å². The van der Waals surface area contributed by atoms with Gasteiger partial charge in [0.05, 0.1) is 10.6 Å². The fraction of sp³-hybridized carbons (Fsp3) is 0.600. The minimum absolute atomic E-state index is 0.0939. The van der Waals surface area contributed by atoms with Gasteiger partial charge in [-0.05, 0) is 51.2 Å². The summed E-state index contributed by atoms with van der Waals surface area (Å²) < 4.78 is 33.6. The van der Waals surface area contributed by atoms with Gasteiger partial charge in [-0.2, -0.15) is 4.31 Å². The summed E-state index contributed by atoms with van der Waals surface area (Å²) in [6, 6.07) is 3.13. The number of anilines is 1. The predicted molar refractivity (Wildman–Crippen MR) is 107 cm³/mol. The average molecular weight is 422 g/mol. The van der Waals surface area contributed by atoms with Crippen LogP contribution in [-0.4, -0.2) is 61.7 Å².